The second kappa shape index (κ2) is 5.27. The van der Waals surface area contributed by atoms with Crippen molar-refractivity contribution in [1.29, 1.82) is 0 Å². The SMILES string of the molecule is C[C@@H](NCc1cc(Br)c2c(c1)OCO2)c1ccco1. The van der Waals surface area contributed by atoms with Crippen LogP contribution in [0.25, 0.3) is 0 Å². The highest BCUT2D eigenvalue weighted by molar-refractivity contribution is 9.10. The third-order valence-electron chi connectivity index (χ3n) is 3.07. The lowest BCUT2D eigenvalue weighted by Gasteiger charge is -2.12. The molecule has 3 rings (SSSR count). The Morgan fingerprint density at radius 3 is 3.05 bits per heavy atom. The summed E-state index contributed by atoms with van der Waals surface area (Å²) in [6.07, 6.45) is 1.69. The van der Waals surface area contributed by atoms with Gasteiger partial charge in [0.25, 0.3) is 0 Å². The van der Waals surface area contributed by atoms with Gasteiger partial charge in [0.15, 0.2) is 11.5 Å². The molecule has 0 saturated heterocycles. The molecule has 1 aromatic carbocycles. The fourth-order valence-electron chi connectivity index (χ4n) is 2.03. The van der Waals surface area contributed by atoms with Crippen LogP contribution in [-0.4, -0.2) is 6.79 Å². The number of fused-ring (bicyclic) bond motifs is 1. The zero-order valence-corrected chi connectivity index (χ0v) is 12.1. The van der Waals surface area contributed by atoms with Crippen LogP contribution in [0.4, 0.5) is 0 Å². The van der Waals surface area contributed by atoms with Gasteiger partial charge in [-0.2, -0.15) is 0 Å². The summed E-state index contributed by atoms with van der Waals surface area (Å²) in [6.45, 7) is 3.09. The zero-order valence-electron chi connectivity index (χ0n) is 10.5. The molecule has 19 heavy (non-hydrogen) atoms. The summed E-state index contributed by atoms with van der Waals surface area (Å²) >= 11 is 3.49. The molecule has 0 spiro atoms. The minimum absolute atomic E-state index is 0.166. The lowest BCUT2D eigenvalue weighted by molar-refractivity contribution is 0.173. The average molecular weight is 324 g/mol. The molecule has 0 bridgehead atoms. The molecule has 0 aliphatic carbocycles. The summed E-state index contributed by atoms with van der Waals surface area (Å²) in [7, 11) is 0. The van der Waals surface area contributed by atoms with E-state index >= 15 is 0 Å². The molecule has 1 aliphatic rings. The topological polar surface area (TPSA) is 43.6 Å². The van der Waals surface area contributed by atoms with E-state index in [2.05, 4.69) is 28.2 Å². The van der Waals surface area contributed by atoms with Gasteiger partial charge in [0, 0.05) is 6.54 Å². The lowest BCUT2D eigenvalue weighted by Crippen LogP contribution is -2.17. The van der Waals surface area contributed by atoms with Gasteiger partial charge in [-0.1, -0.05) is 0 Å². The molecule has 1 aromatic heterocycles. The monoisotopic (exact) mass is 323 g/mol. The first-order chi connectivity index (χ1) is 9.24. The third kappa shape index (κ3) is 2.62. The molecule has 100 valence electrons. The van der Waals surface area contributed by atoms with E-state index in [4.69, 9.17) is 13.9 Å². The number of hydrogen-bond acceptors (Lipinski definition) is 4. The minimum atomic E-state index is 0.166. The van der Waals surface area contributed by atoms with Gasteiger partial charge in [0.1, 0.15) is 5.76 Å². The number of furan rings is 1. The summed E-state index contributed by atoms with van der Waals surface area (Å²) in [5, 5.41) is 3.41. The normalized spacial score (nSPS) is 14.6. The zero-order chi connectivity index (χ0) is 13.2. The quantitative estimate of drug-likeness (QED) is 0.933. The van der Waals surface area contributed by atoms with Crippen molar-refractivity contribution in [1.82, 2.24) is 5.32 Å². The van der Waals surface area contributed by atoms with Crippen molar-refractivity contribution >= 4 is 15.9 Å². The van der Waals surface area contributed by atoms with E-state index in [9.17, 15) is 0 Å². The Hall–Kier alpha value is -1.46. The van der Waals surface area contributed by atoms with E-state index in [0.717, 1.165) is 33.8 Å². The number of rotatable bonds is 4. The molecule has 0 unspecified atom stereocenters. The van der Waals surface area contributed by atoms with Crippen LogP contribution in [-0.2, 0) is 6.54 Å². The Morgan fingerprint density at radius 1 is 1.37 bits per heavy atom. The first-order valence-corrected chi connectivity index (χ1v) is 6.88. The minimum Gasteiger partial charge on any atom is -0.468 e. The second-order valence-corrected chi connectivity index (χ2v) is 5.28. The Balaban J connectivity index is 1.69. The highest BCUT2D eigenvalue weighted by Gasteiger charge is 2.18. The van der Waals surface area contributed by atoms with Crippen LogP contribution in [0.15, 0.2) is 39.4 Å². The first-order valence-electron chi connectivity index (χ1n) is 6.09. The standard InChI is InChI=1S/C14H14BrNO3/c1-9(12-3-2-4-17-12)16-7-10-5-11(15)14-13(6-10)18-8-19-14/h2-6,9,16H,7-8H2,1H3/t9-/m1/s1. The predicted octanol–water partition coefficient (Wildman–Crippen LogP) is 3.62. The molecular weight excluding hydrogens is 310 g/mol. The summed E-state index contributed by atoms with van der Waals surface area (Å²) in [6, 6.07) is 8.06. The number of ether oxygens (including phenoxy) is 2. The van der Waals surface area contributed by atoms with E-state index < -0.39 is 0 Å². The van der Waals surface area contributed by atoms with Gasteiger partial charge in [-0.05, 0) is 52.7 Å². The van der Waals surface area contributed by atoms with E-state index in [-0.39, 0.29) is 12.8 Å². The van der Waals surface area contributed by atoms with Crippen LogP contribution in [0.5, 0.6) is 11.5 Å². The van der Waals surface area contributed by atoms with Gasteiger partial charge in [0.2, 0.25) is 6.79 Å². The largest absolute Gasteiger partial charge is 0.468 e. The van der Waals surface area contributed by atoms with Gasteiger partial charge >= 0.3 is 0 Å². The Labute approximate surface area is 119 Å². The molecule has 0 amide bonds. The number of hydrogen-bond donors (Lipinski definition) is 1. The van der Waals surface area contributed by atoms with Gasteiger partial charge in [-0.15, -0.1) is 0 Å². The number of nitrogens with one attached hydrogen (secondary N) is 1. The fourth-order valence-corrected chi connectivity index (χ4v) is 2.64. The molecule has 4 nitrogen and oxygen atoms in total. The van der Waals surface area contributed by atoms with E-state index in [0.29, 0.717) is 0 Å². The van der Waals surface area contributed by atoms with Crippen LogP contribution >= 0.6 is 15.9 Å². The van der Waals surface area contributed by atoms with Crippen molar-refractivity contribution in [3.05, 3.63) is 46.3 Å². The maximum absolute atomic E-state index is 5.40. The molecule has 2 aromatic rings. The molecule has 2 heterocycles. The fraction of sp³-hybridized carbons (Fsp3) is 0.286. The highest BCUT2D eigenvalue weighted by Crippen LogP contribution is 2.40. The Morgan fingerprint density at radius 2 is 2.26 bits per heavy atom. The summed E-state index contributed by atoms with van der Waals surface area (Å²) in [5.41, 5.74) is 1.13. The molecule has 0 saturated carbocycles. The third-order valence-corrected chi connectivity index (χ3v) is 3.66. The van der Waals surface area contributed by atoms with Crippen molar-refractivity contribution in [3.8, 4) is 11.5 Å². The van der Waals surface area contributed by atoms with Crippen molar-refractivity contribution in [2.24, 2.45) is 0 Å². The lowest BCUT2D eigenvalue weighted by atomic mass is 10.2. The van der Waals surface area contributed by atoms with Crippen LogP contribution in [0, 0.1) is 0 Å². The van der Waals surface area contributed by atoms with Crippen molar-refractivity contribution < 1.29 is 13.9 Å². The van der Waals surface area contributed by atoms with Crippen molar-refractivity contribution in [3.63, 3.8) is 0 Å². The number of benzene rings is 1. The van der Waals surface area contributed by atoms with Crippen LogP contribution in [0.3, 0.4) is 0 Å². The van der Waals surface area contributed by atoms with Gasteiger partial charge in [-0.25, -0.2) is 0 Å². The Bertz CT molecular complexity index is 568. The maximum atomic E-state index is 5.40. The summed E-state index contributed by atoms with van der Waals surface area (Å²) in [4.78, 5) is 0. The predicted molar refractivity (Wildman–Crippen MR) is 74.2 cm³/mol. The van der Waals surface area contributed by atoms with Crippen LogP contribution < -0.4 is 14.8 Å². The maximum Gasteiger partial charge on any atom is 0.231 e. The highest BCUT2D eigenvalue weighted by atomic mass is 79.9. The molecule has 5 heteroatoms. The first kappa shape index (κ1) is 12.6. The summed E-state index contributed by atoms with van der Waals surface area (Å²) < 4.78 is 17.1. The molecule has 0 radical (unpaired) electrons. The smallest absolute Gasteiger partial charge is 0.231 e. The average Bonchev–Trinajstić information content (AvgIpc) is 3.06. The number of halogens is 1. The molecule has 1 N–H and O–H groups in total. The van der Waals surface area contributed by atoms with Gasteiger partial charge in [-0.3, -0.25) is 0 Å². The van der Waals surface area contributed by atoms with E-state index in [1.807, 2.05) is 24.3 Å². The van der Waals surface area contributed by atoms with Gasteiger partial charge in [0.05, 0.1) is 16.8 Å². The molecule has 0 fully saturated rings. The van der Waals surface area contributed by atoms with Crippen LogP contribution in [0.1, 0.15) is 24.3 Å². The molecule has 1 aliphatic heterocycles. The van der Waals surface area contributed by atoms with E-state index in [1.54, 1.807) is 6.26 Å². The molecule has 1 atom stereocenters. The molecular formula is C14H14BrNO3. The van der Waals surface area contributed by atoms with Crippen molar-refractivity contribution in [2.45, 2.75) is 19.5 Å². The Kier molecular flexibility index (Phi) is 3.48. The second-order valence-electron chi connectivity index (χ2n) is 4.43. The van der Waals surface area contributed by atoms with Gasteiger partial charge < -0.3 is 19.2 Å². The summed E-state index contributed by atoms with van der Waals surface area (Å²) in [5.74, 6) is 2.50. The van der Waals surface area contributed by atoms with E-state index in [1.165, 1.54) is 0 Å². The van der Waals surface area contributed by atoms with Crippen molar-refractivity contribution in [2.75, 3.05) is 6.79 Å². The van der Waals surface area contributed by atoms with Crippen LogP contribution in [0.2, 0.25) is 0 Å².